The maximum atomic E-state index is 12.1. The van der Waals surface area contributed by atoms with Crippen LogP contribution in [0.3, 0.4) is 0 Å². The van der Waals surface area contributed by atoms with E-state index in [1.54, 1.807) is 31.2 Å². The Labute approximate surface area is 144 Å². The number of nitrogens with zero attached hydrogens (tertiary/aromatic N) is 4. The molecular formula is C18H17N5O2. The standard InChI is InChI=1S/C18H17N5O2/c1-13(25-15-7-5-14(12-19)6-8-15)18(24)20-10-9-17-22-21-16-4-2-3-11-23(16)17/h2-8,11,13H,9-10H2,1H3,(H,20,24)/t13-/m1/s1. The van der Waals surface area contributed by atoms with Crippen molar-refractivity contribution >= 4 is 11.6 Å². The topological polar surface area (TPSA) is 92.3 Å². The second-order valence-electron chi connectivity index (χ2n) is 5.48. The molecule has 25 heavy (non-hydrogen) atoms. The number of nitrogens with one attached hydrogen (secondary N) is 1. The SMILES string of the molecule is C[C@@H](Oc1ccc(C#N)cc1)C(=O)NCCc1nnc2ccccn12. The van der Waals surface area contributed by atoms with Crippen molar-refractivity contribution in [3.63, 3.8) is 0 Å². The number of benzene rings is 1. The third kappa shape index (κ3) is 3.93. The van der Waals surface area contributed by atoms with Gasteiger partial charge >= 0.3 is 0 Å². The van der Waals surface area contributed by atoms with Crippen LogP contribution in [0.4, 0.5) is 0 Å². The number of ether oxygens (including phenoxy) is 1. The van der Waals surface area contributed by atoms with E-state index in [4.69, 9.17) is 10.00 Å². The van der Waals surface area contributed by atoms with Crippen LogP contribution in [0.1, 0.15) is 18.3 Å². The van der Waals surface area contributed by atoms with Crippen molar-refractivity contribution in [3.8, 4) is 11.8 Å². The average Bonchev–Trinajstić information content (AvgIpc) is 3.05. The van der Waals surface area contributed by atoms with Crippen LogP contribution < -0.4 is 10.1 Å². The second kappa shape index (κ2) is 7.45. The summed E-state index contributed by atoms with van der Waals surface area (Å²) in [7, 11) is 0. The first-order chi connectivity index (χ1) is 12.2. The zero-order chi connectivity index (χ0) is 17.6. The van der Waals surface area contributed by atoms with Crippen molar-refractivity contribution in [3.05, 3.63) is 60.0 Å². The van der Waals surface area contributed by atoms with Gasteiger partial charge in [-0.2, -0.15) is 5.26 Å². The highest BCUT2D eigenvalue weighted by Crippen LogP contribution is 2.13. The van der Waals surface area contributed by atoms with Crippen molar-refractivity contribution in [1.82, 2.24) is 19.9 Å². The van der Waals surface area contributed by atoms with E-state index in [1.165, 1.54) is 0 Å². The highest BCUT2D eigenvalue weighted by Gasteiger charge is 2.14. The summed E-state index contributed by atoms with van der Waals surface area (Å²) in [5.74, 6) is 1.12. The van der Waals surface area contributed by atoms with Crippen LogP contribution in [0.25, 0.3) is 5.65 Å². The van der Waals surface area contributed by atoms with Gasteiger partial charge in [-0.3, -0.25) is 9.20 Å². The van der Waals surface area contributed by atoms with Crippen molar-refractivity contribution in [2.45, 2.75) is 19.4 Å². The Bertz CT molecular complexity index is 911. The second-order valence-corrected chi connectivity index (χ2v) is 5.48. The summed E-state index contributed by atoms with van der Waals surface area (Å²) in [6, 6.07) is 14.4. The molecule has 0 bridgehead atoms. The molecule has 3 rings (SSSR count). The average molecular weight is 335 g/mol. The van der Waals surface area contributed by atoms with Crippen molar-refractivity contribution in [1.29, 1.82) is 5.26 Å². The normalized spacial score (nSPS) is 11.7. The summed E-state index contributed by atoms with van der Waals surface area (Å²) in [5.41, 5.74) is 1.33. The van der Waals surface area contributed by atoms with Crippen LogP contribution in [0.5, 0.6) is 5.75 Å². The predicted molar refractivity (Wildman–Crippen MR) is 90.9 cm³/mol. The summed E-state index contributed by atoms with van der Waals surface area (Å²) in [4.78, 5) is 12.1. The van der Waals surface area contributed by atoms with Gasteiger partial charge in [-0.15, -0.1) is 10.2 Å². The lowest BCUT2D eigenvalue weighted by molar-refractivity contribution is -0.127. The highest BCUT2D eigenvalue weighted by molar-refractivity contribution is 5.80. The van der Waals surface area contributed by atoms with Crippen LogP contribution in [0.15, 0.2) is 48.7 Å². The molecule has 0 saturated heterocycles. The van der Waals surface area contributed by atoms with Gasteiger partial charge in [0, 0.05) is 19.2 Å². The van der Waals surface area contributed by atoms with Gasteiger partial charge in [0.25, 0.3) is 5.91 Å². The Morgan fingerprint density at radius 3 is 2.84 bits per heavy atom. The minimum absolute atomic E-state index is 0.210. The van der Waals surface area contributed by atoms with E-state index in [9.17, 15) is 4.79 Å². The molecule has 7 heteroatoms. The quantitative estimate of drug-likeness (QED) is 0.740. The molecule has 0 radical (unpaired) electrons. The first-order valence-corrected chi connectivity index (χ1v) is 7.90. The maximum Gasteiger partial charge on any atom is 0.260 e. The van der Waals surface area contributed by atoms with E-state index in [2.05, 4.69) is 15.5 Å². The van der Waals surface area contributed by atoms with Crippen LogP contribution in [-0.2, 0) is 11.2 Å². The van der Waals surface area contributed by atoms with Crippen LogP contribution >= 0.6 is 0 Å². The van der Waals surface area contributed by atoms with Crippen LogP contribution in [0.2, 0.25) is 0 Å². The molecule has 0 saturated carbocycles. The van der Waals surface area contributed by atoms with Gasteiger partial charge in [-0.25, -0.2) is 0 Å². The van der Waals surface area contributed by atoms with Gasteiger partial charge in [-0.05, 0) is 43.3 Å². The summed E-state index contributed by atoms with van der Waals surface area (Å²) in [6.45, 7) is 2.12. The number of aromatic nitrogens is 3. The van der Waals surface area contributed by atoms with Crippen LogP contribution in [-0.4, -0.2) is 33.2 Å². The number of fused-ring (bicyclic) bond motifs is 1. The minimum Gasteiger partial charge on any atom is -0.481 e. The predicted octanol–water partition coefficient (Wildman–Crippen LogP) is 1.73. The third-order valence-corrected chi connectivity index (χ3v) is 3.70. The Kier molecular flexibility index (Phi) is 4.90. The number of hydrogen-bond acceptors (Lipinski definition) is 5. The molecule has 2 aromatic heterocycles. The lowest BCUT2D eigenvalue weighted by atomic mass is 10.2. The Hall–Kier alpha value is -3.40. The van der Waals surface area contributed by atoms with E-state index in [0.29, 0.717) is 24.3 Å². The smallest absolute Gasteiger partial charge is 0.260 e. The van der Waals surface area contributed by atoms with Crippen molar-refractivity contribution < 1.29 is 9.53 Å². The Balaban J connectivity index is 1.50. The first kappa shape index (κ1) is 16.5. The summed E-state index contributed by atoms with van der Waals surface area (Å²) in [5, 5.41) is 19.8. The number of hydrogen-bond donors (Lipinski definition) is 1. The molecule has 0 aliphatic rings. The number of carbonyl (C=O) groups is 1. The molecule has 0 fully saturated rings. The number of amides is 1. The molecule has 0 unspecified atom stereocenters. The van der Waals surface area contributed by atoms with Gasteiger partial charge in [0.15, 0.2) is 11.8 Å². The molecule has 0 spiro atoms. The molecule has 1 aromatic carbocycles. The molecule has 1 atom stereocenters. The van der Waals surface area contributed by atoms with E-state index in [1.807, 2.05) is 34.9 Å². The lowest BCUT2D eigenvalue weighted by Crippen LogP contribution is -2.37. The lowest BCUT2D eigenvalue weighted by Gasteiger charge is -2.14. The van der Waals surface area contributed by atoms with E-state index < -0.39 is 6.10 Å². The molecule has 0 aliphatic carbocycles. The molecule has 0 aliphatic heterocycles. The molecule has 3 aromatic rings. The third-order valence-electron chi connectivity index (χ3n) is 3.70. The zero-order valence-corrected chi connectivity index (χ0v) is 13.7. The van der Waals surface area contributed by atoms with Gasteiger partial charge in [0.05, 0.1) is 11.6 Å². The zero-order valence-electron chi connectivity index (χ0n) is 13.7. The van der Waals surface area contributed by atoms with Gasteiger partial charge in [0.2, 0.25) is 0 Å². The van der Waals surface area contributed by atoms with Crippen molar-refractivity contribution in [2.24, 2.45) is 0 Å². The fourth-order valence-electron chi connectivity index (χ4n) is 2.37. The van der Waals surface area contributed by atoms with E-state index >= 15 is 0 Å². The van der Waals surface area contributed by atoms with Gasteiger partial charge in [-0.1, -0.05) is 6.07 Å². The molecule has 126 valence electrons. The minimum atomic E-state index is -0.636. The van der Waals surface area contributed by atoms with E-state index in [0.717, 1.165) is 11.5 Å². The Morgan fingerprint density at radius 1 is 1.28 bits per heavy atom. The fourth-order valence-corrected chi connectivity index (χ4v) is 2.37. The number of nitriles is 1. The Morgan fingerprint density at radius 2 is 2.08 bits per heavy atom. The molecule has 1 amide bonds. The van der Waals surface area contributed by atoms with Gasteiger partial charge < -0.3 is 10.1 Å². The number of pyridine rings is 1. The highest BCUT2D eigenvalue weighted by atomic mass is 16.5. The van der Waals surface area contributed by atoms with E-state index in [-0.39, 0.29) is 5.91 Å². The summed E-state index contributed by atoms with van der Waals surface area (Å²) in [6.07, 6.45) is 1.83. The van der Waals surface area contributed by atoms with Crippen molar-refractivity contribution in [2.75, 3.05) is 6.54 Å². The molecule has 1 N–H and O–H groups in total. The maximum absolute atomic E-state index is 12.1. The van der Waals surface area contributed by atoms with Gasteiger partial charge in [0.1, 0.15) is 11.6 Å². The fraction of sp³-hybridized carbons (Fsp3) is 0.222. The summed E-state index contributed by atoms with van der Waals surface area (Å²) < 4.78 is 7.47. The summed E-state index contributed by atoms with van der Waals surface area (Å²) >= 11 is 0. The number of carbonyl (C=O) groups excluding carboxylic acids is 1. The molecular weight excluding hydrogens is 318 g/mol. The number of rotatable bonds is 6. The largest absolute Gasteiger partial charge is 0.481 e. The van der Waals surface area contributed by atoms with Crippen LogP contribution in [0, 0.1) is 11.3 Å². The molecule has 7 nitrogen and oxygen atoms in total. The molecule has 2 heterocycles. The monoisotopic (exact) mass is 335 g/mol. The first-order valence-electron chi connectivity index (χ1n) is 7.90.